The minimum Gasteiger partial charge on any atom is -0.444 e. The molecule has 0 fully saturated rings. The maximum absolute atomic E-state index is 14.8. The molecule has 0 aliphatic carbocycles. The summed E-state index contributed by atoms with van der Waals surface area (Å²) in [6.45, 7) is 10.5. The van der Waals surface area contributed by atoms with Crippen LogP contribution in [0.25, 0.3) is 0 Å². The van der Waals surface area contributed by atoms with Crippen molar-refractivity contribution in [1.29, 1.82) is 0 Å². The second-order valence-corrected chi connectivity index (χ2v) is 11.9. The van der Waals surface area contributed by atoms with E-state index in [1.807, 2.05) is 30.3 Å². The highest BCUT2D eigenvalue weighted by Gasteiger charge is 2.60. The molecule has 4 rings (SSSR count). The molecule has 3 amide bonds. The summed E-state index contributed by atoms with van der Waals surface area (Å²) in [6.07, 6.45) is -1.51. The molecule has 0 aromatic heterocycles. The van der Waals surface area contributed by atoms with Crippen LogP contribution in [0.2, 0.25) is 5.02 Å². The molecule has 3 aromatic carbocycles. The number of amides is 3. The number of alkyl carbamates (subject to hydrolysis) is 1. The van der Waals surface area contributed by atoms with Gasteiger partial charge in [-0.05, 0) is 76.4 Å². The van der Waals surface area contributed by atoms with Crippen molar-refractivity contribution in [2.24, 2.45) is 0 Å². The van der Waals surface area contributed by atoms with Crippen LogP contribution < -0.4 is 10.2 Å². The van der Waals surface area contributed by atoms with Gasteiger partial charge in [0.05, 0.1) is 11.7 Å². The number of nitrogens with one attached hydrogen (secondary N) is 1. The topological polar surface area (TPSA) is 84.9 Å². The number of nitrogens with zero attached hydrogens (tertiary/aromatic N) is 1. The highest BCUT2D eigenvalue weighted by Crippen LogP contribution is 2.53. The van der Waals surface area contributed by atoms with Crippen LogP contribution in [0, 0.1) is 0 Å². The molecule has 7 nitrogen and oxygen atoms in total. The number of fused-ring (bicyclic) bond motifs is 1. The summed E-state index contributed by atoms with van der Waals surface area (Å²) in [4.78, 5) is 42.6. The predicted octanol–water partition coefficient (Wildman–Crippen LogP) is 7.17. The summed E-state index contributed by atoms with van der Waals surface area (Å²) < 4.78 is 11.3. The summed E-state index contributed by atoms with van der Waals surface area (Å²) in [6, 6.07) is 22.1. The van der Waals surface area contributed by atoms with Crippen molar-refractivity contribution in [3.8, 4) is 0 Å². The fourth-order valence-corrected chi connectivity index (χ4v) is 4.97. The van der Waals surface area contributed by atoms with Crippen molar-refractivity contribution < 1.29 is 23.9 Å². The Morgan fingerprint density at radius 2 is 1.38 bits per heavy atom. The fraction of sp³-hybridized carbons (Fsp3) is 0.323. The normalized spacial score (nSPS) is 17.8. The van der Waals surface area contributed by atoms with Crippen molar-refractivity contribution in [3.63, 3.8) is 0 Å². The van der Waals surface area contributed by atoms with E-state index in [1.54, 1.807) is 90.1 Å². The van der Waals surface area contributed by atoms with Crippen molar-refractivity contribution in [1.82, 2.24) is 5.32 Å². The lowest BCUT2D eigenvalue weighted by atomic mass is 9.67. The first-order valence-electron chi connectivity index (χ1n) is 12.7. The van der Waals surface area contributed by atoms with E-state index in [0.717, 1.165) is 4.90 Å². The molecule has 2 atom stereocenters. The molecule has 0 saturated carbocycles. The third kappa shape index (κ3) is 5.64. The van der Waals surface area contributed by atoms with E-state index in [2.05, 4.69) is 5.32 Å². The number of para-hydroxylation sites is 1. The Morgan fingerprint density at radius 1 is 0.821 bits per heavy atom. The maximum atomic E-state index is 14.8. The number of anilines is 1. The molecule has 0 spiro atoms. The summed E-state index contributed by atoms with van der Waals surface area (Å²) in [5.41, 5.74) is -1.08. The Balaban J connectivity index is 2.01. The van der Waals surface area contributed by atoms with Gasteiger partial charge in [0, 0.05) is 5.02 Å². The van der Waals surface area contributed by atoms with Crippen LogP contribution >= 0.6 is 11.6 Å². The molecule has 39 heavy (non-hydrogen) atoms. The zero-order valence-electron chi connectivity index (χ0n) is 22.9. The number of halogens is 1. The van der Waals surface area contributed by atoms with Gasteiger partial charge in [-0.1, -0.05) is 72.3 Å². The van der Waals surface area contributed by atoms with Gasteiger partial charge in [-0.25, -0.2) is 14.5 Å². The van der Waals surface area contributed by atoms with Crippen LogP contribution in [0.5, 0.6) is 0 Å². The first-order valence-corrected chi connectivity index (χ1v) is 13.1. The number of carbonyl (C=O) groups excluding carboxylic acids is 3. The van der Waals surface area contributed by atoms with E-state index in [4.69, 9.17) is 21.1 Å². The molecule has 0 radical (unpaired) electrons. The average Bonchev–Trinajstić information content (AvgIpc) is 3.10. The Bertz CT molecular complexity index is 1380. The Hall–Kier alpha value is -3.84. The number of carbonyl (C=O) groups is 3. The van der Waals surface area contributed by atoms with Crippen LogP contribution in [0.15, 0.2) is 78.9 Å². The molecule has 8 heteroatoms. The van der Waals surface area contributed by atoms with E-state index in [1.165, 1.54) is 0 Å². The zero-order chi connectivity index (χ0) is 28.6. The number of ether oxygens (including phenoxy) is 2. The molecular formula is C31H33ClN2O5. The highest BCUT2D eigenvalue weighted by atomic mass is 35.5. The van der Waals surface area contributed by atoms with Gasteiger partial charge in [-0.3, -0.25) is 4.79 Å². The summed E-state index contributed by atoms with van der Waals surface area (Å²) >= 11 is 6.25. The smallest absolute Gasteiger partial charge is 0.421 e. The number of hydrogen-bond acceptors (Lipinski definition) is 5. The number of rotatable bonds is 4. The molecule has 0 saturated heterocycles. The summed E-state index contributed by atoms with van der Waals surface area (Å²) in [5, 5.41) is 3.45. The quantitative estimate of drug-likeness (QED) is 0.373. The average molecular weight is 549 g/mol. The number of benzene rings is 3. The van der Waals surface area contributed by atoms with Gasteiger partial charge in [0.1, 0.15) is 16.6 Å². The predicted molar refractivity (Wildman–Crippen MR) is 151 cm³/mol. The van der Waals surface area contributed by atoms with Crippen molar-refractivity contribution in [2.75, 3.05) is 4.90 Å². The van der Waals surface area contributed by atoms with Gasteiger partial charge in [0.15, 0.2) is 0 Å². The van der Waals surface area contributed by atoms with E-state index < -0.39 is 40.8 Å². The van der Waals surface area contributed by atoms with Gasteiger partial charge in [0.2, 0.25) is 0 Å². The molecule has 3 aromatic rings. The molecule has 1 N–H and O–H groups in total. The van der Waals surface area contributed by atoms with Crippen LogP contribution in [-0.4, -0.2) is 29.3 Å². The summed E-state index contributed by atoms with van der Waals surface area (Å²) in [5.74, 6) is -0.565. The number of imide groups is 1. The Morgan fingerprint density at radius 3 is 1.97 bits per heavy atom. The molecule has 1 aliphatic heterocycles. The number of hydrogen-bond donors (Lipinski definition) is 1. The second-order valence-electron chi connectivity index (χ2n) is 11.4. The van der Waals surface area contributed by atoms with Gasteiger partial charge in [-0.2, -0.15) is 0 Å². The maximum Gasteiger partial charge on any atom is 0.421 e. The van der Waals surface area contributed by atoms with E-state index >= 15 is 0 Å². The lowest BCUT2D eigenvalue weighted by Gasteiger charge is -2.38. The van der Waals surface area contributed by atoms with Crippen LogP contribution in [0.3, 0.4) is 0 Å². The van der Waals surface area contributed by atoms with Crippen molar-refractivity contribution in [2.45, 2.75) is 64.2 Å². The van der Waals surface area contributed by atoms with Gasteiger partial charge >= 0.3 is 12.2 Å². The molecule has 1 aliphatic rings. The first kappa shape index (κ1) is 28.2. The third-order valence-electron chi connectivity index (χ3n) is 6.21. The highest BCUT2D eigenvalue weighted by molar-refractivity contribution is 6.30. The minimum atomic E-state index is -1.56. The van der Waals surface area contributed by atoms with Gasteiger partial charge in [-0.15, -0.1) is 0 Å². The largest absolute Gasteiger partial charge is 0.444 e. The van der Waals surface area contributed by atoms with Crippen molar-refractivity contribution >= 4 is 35.4 Å². The standard InChI is InChI=1S/C31H33ClN2O5/c1-29(2,3)38-27(36)33-25(20-12-8-7-9-13-20)31(21-16-18-22(32)19-17-21)23-14-10-11-15-24(23)34(26(31)35)28(37)39-30(4,5)6/h7-19,25H,1-6H3,(H,33,36)/t25-,31?/m0/s1. The third-order valence-corrected chi connectivity index (χ3v) is 6.46. The van der Waals surface area contributed by atoms with Crippen LogP contribution in [0.1, 0.15) is 64.3 Å². The second kappa shape index (κ2) is 10.4. The lowest BCUT2D eigenvalue weighted by molar-refractivity contribution is -0.122. The molecular weight excluding hydrogens is 516 g/mol. The van der Waals surface area contributed by atoms with Gasteiger partial charge < -0.3 is 14.8 Å². The van der Waals surface area contributed by atoms with Crippen LogP contribution in [-0.2, 0) is 19.7 Å². The SMILES string of the molecule is CC(C)(C)OC(=O)N[C@@H](c1ccccc1)C1(c2ccc(Cl)cc2)C(=O)N(C(=O)OC(C)(C)C)c2ccccc21. The fourth-order valence-electron chi connectivity index (χ4n) is 4.84. The molecule has 1 heterocycles. The Labute approximate surface area is 234 Å². The Kier molecular flexibility index (Phi) is 7.50. The molecule has 204 valence electrons. The summed E-state index contributed by atoms with van der Waals surface area (Å²) in [7, 11) is 0. The van der Waals surface area contributed by atoms with Crippen molar-refractivity contribution in [3.05, 3.63) is 101 Å². The first-order chi connectivity index (χ1) is 18.2. The van der Waals surface area contributed by atoms with E-state index in [0.29, 0.717) is 27.4 Å². The zero-order valence-corrected chi connectivity index (χ0v) is 23.7. The van der Waals surface area contributed by atoms with E-state index in [-0.39, 0.29) is 0 Å². The molecule has 0 bridgehead atoms. The minimum absolute atomic E-state index is 0.374. The monoisotopic (exact) mass is 548 g/mol. The molecule has 1 unspecified atom stereocenters. The van der Waals surface area contributed by atoms with E-state index in [9.17, 15) is 14.4 Å². The van der Waals surface area contributed by atoms with Crippen LogP contribution in [0.4, 0.5) is 15.3 Å². The lowest BCUT2D eigenvalue weighted by Crippen LogP contribution is -2.53. The van der Waals surface area contributed by atoms with Gasteiger partial charge in [0.25, 0.3) is 5.91 Å².